The van der Waals surface area contributed by atoms with Gasteiger partial charge in [-0.15, -0.1) is 0 Å². The van der Waals surface area contributed by atoms with Crippen LogP contribution in [0.2, 0.25) is 0 Å². The second kappa shape index (κ2) is 7.68. The molecule has 1 amide bonds. The number of amides is 1. The van der Waals surface area contributed by atoms with E-state index in [-0.39, 0.29) is 23.5 Å². The maximum absolute atomic E-state index is 12.7. The Morgan fingerprint density at radius 2 is 2.00 bits per heavy atom. The Hall–Kier alpha value is -2.41. The largest absolute Gasteiger partial charge is 0.369 e. The second-order valence-electron chi connectivity index (χ2n) is 7.30. The van der Waals surface area contributed by atoms with Crippen molar-refractivity contribution >= 4 is 27.1 Å². The van der Waals surface area contributed by atoms with Gasteiger partial charge in [-0.2, -0.15) is 0 Å². The molecule has 1 saturated heterocycles. The molecule has 1 atom stereocenters. The van der Waals surface area contributed by atoms with Crippen LogP contribution in [0.5, 0.6) is 0 Å². The van der Waals surface area contributed by atoms with E-state index >= 15 is 0 Å². The molecule has 1 fully saturated rings. The van der Waals surface area contributed by atoms with E-state index < -0.39 is 9.84 Å². The maximum atomic E-state index is 12.7. The minimum absolute atomic E-state index is 0.0863. The highest BCUT2D eigenvalue weighted by atomic mass is 32.2. The van der Waals surface area contributed by atoms with E-state index in [0.717, 1.165) is 16.9 Å². The highest BCUT2D eigenvalue weighted by molar-refractivity contribution is 7.91. The lowest BCUT2D eigenvalue weighted by atomic mass is 10.0. The van der Waals surface area contributed by atoms with E-state index in [0.29, 0.717) is 17.9 Å². The number of carbonyl (C=O) groups excluding carboxylic acids is 1. The van der Waals surface area contributed by atoms with E-state index in [1.54, 1.807) is 12.3 Å². The third-order valence-electron chi connectivity index (χ3n) is 4.98. The van der Waals surface area contributed by atoms with E-state index in [2.05, 4.69) is 24.1 Å². The van der Waals surface area contributed by atoms with Gasteiger partial charge in [0.2, 0.25) is 0 Å². The SMILES string of the molecule is CC(C)c1ccccc1NC(=O)c1cncc(N(C)C2CCS(=O)(=O)C2)c1. The molecular weight excluding hydrogens is 362 g/mol. The van der Waals surface area contributed by atoms with Crippen molar-refractivity contribution in [1.82, 2.24) is 4.98 Å². The standard InChI is InChI=1S/C20H25N3O3S/c1-14(2)18-6-4-5-7-19(18)22-20(24)15-10-17(12-21-11-15)23(3)16-8-9-27(25,26)13-16/h4-7,10-12,14,16H,8-9,13H2,1-3H3,(H,22,24). The Morgan fingerprint density at radius 3 is 2.67 bits per heavy atom. The zero-order valence-corrected chi connectivity index (χ0v) is 16.7. The first-order valence-corrected chi connectivity index (χ1v) is 10.9. The van der Waals surface area contributed by atoms with Gasteiger partial charge in [0.25, 0.3) is 5.91 Å². The summed E-state index contributed by atoms with van der Waals surface area (Å²) in [4.78, 5) is 18.8. The molecule has 2 heterocycles. The Balaban J connectivity index is 1.78. The third kappa shape index (κ3) is 4.47. The molecule has 1 aliphatic rings. The Kier molecular flexibility index (Phi) is 5.51. The molecule has 2 aromatic rings. The van der Waals surface area contributed by atoms with Crippen LogP contribution in [0.15, 0.2) is 42.7 Å². The molecule has 0 radical (unpaired) electrons. The molecule has 1 aromatic carbocycles. The molecule has 0 aliphatic carbocycles. The van der Waals surface area contributed by atoms with Crippen molar-refractivity contribution in [3.63, 3.8) is 0 Å². The molecule has 3 rings (SSSR count). The van der Waals surface area contributed by atoms with Gasteiger partial charge in [-0.05, 0) is 30.0 Å². The minimum Gasteiger partial charge on any atom is -0.369 e. The monoisotopic (exact) mass is 387 g/mol. The predicted molar refractivity (Wildman–Crippen MR) is 108 cm³/mol. The lowest BCUT2D eigenvalue weighted by Crippen LogP contribution is -2.32. The summed E-state index contributed by atoms with van der Waals surface area (Å²) in [5.74, 6) is 0.412. The lowest BCUT2D eigenvalue weighted by Gasteiger charge is -2.25. The molecule has 0 spiro atoms. The highest BCUT2D eigenvalue weighted by Crippen LogP contribution is 2.26. The van der Waals surface area contributed by atoms with Crippen LogP contribution in [0, 0.1) is 0 Å². The summed E-state index contributed by atoms with van der Waals surface area (Å²) in [6, 6.07) is 9.41. The highest BCUT2D eigenvalue weighted by Gasteiger charge is 2.31. The predicted octanol–water partition coefficient (Wildman–Crippen LogP) is 3.08. The van der Waals surface area contributed by atoms with Crippen LogP contribution >= 0.6 is 0 Å². The molecule has 27 heavy (non-hydrogen) atoms. The van der Waals surface area contributed by atoms with E-state index in [4.69, 9.17) is 0 Å². The van der Waals surface area contributed by atoms with Crippen molar-refractivity contribution < 1.29 is 13.2 Å². The molecular formula is C20H25N3O3S. The fraction of sp³-hybridized carbons (Fsp3) is 0.400. The van der Waals surface area contributed by atoms with Gasteiger partial charge in [-0.25, -0.2) is 8.42 Å². The van der Waals surface area contributed by atoms with Crippen molar-refractivity contribution in [2.24, 2.45) is 0 Å². The normalized spacial score (nSPS) is 18.4. The average Bonchev–Trinajstić information content (AvgIpc) is 3.01. The number of carbonyl (C=O) groups is 1. The number of hydrogen-bond donors (Lipinski definition) is 1. The zero-order chi connectivity index (χ0) is 19.6. The smallest absolute Gasteiger partial charge is 0.257 e. The number of nitrogens with zero attached hydrogens (tertiary/aromatic N) is 2. The molecule has 144 valence electrons. The maximum Gasteiger partial charge on any atom is 0.257 e. The van der Waals surface area contributed by atoms with Gasteiger partial charge < -0.3 is 10.2 Å². The number of anilines is 2. The second-order valence-corrected chi connectivity index (χ2v) is 9.52. The molecule has 0 saturated carbocycles. The summed E-state index contributed by atoms with van der Waals surface area (Å²) in [6.45, 7) is 4.16. The summed E-state index contributed by atoms with van der Waals surface area (Å²) < 4.78 is 23.5. The lowest BCUT2D eigenvalue weighted by molar-refractivity contribution is 0.102. The number of hydrogen-bond acceptors (Lipinski definition) is 5. The molecule has 1 unspecified atom stereocenters. The Labute approximate surface area is 160 Å². The van der Waals surface area contributed by atoms with Gasteiger partial charge in [-0.3, -0.25) is 9.78 Å². The van der Waals surface area contributed by atoms with Crippen LogP contribution in [0.3, 0.4) is 0 Å². The first-order chi connectivity index (χ1) is 12.8. The first kappa shape index (κ1) is 19.4. The van der Waals surface area contributed by atoms with E-state index in [9.17, 15) is 13.2 Å². The van der Waals surface area contributed by atoms with Gasteiger partial charge in [-0.1, -0.05) is 32.0 Å². The topological polar surface area (TPSA) is 79.4 Å². The van der Waals surface area contributed by atoms with Crippen LogP contribution in [0.4, 0.5) is 11.4 Å². The van der Waals surface area contributed by atoms with Crippen LogP contribution in [0.25, 0.3) is 0 Å². The van der Waals surface area contributed by atoms with Crippen molar-refractivity contribution in [3.8, 4) is 0 Å². The van der Waals surface area contributed by atoms with Crippen LogP contribution in [-0.4, -0.2) is 43.9 Å². The Morgan fingerprint density at radius 1 is 1.26 bits per heavy atom. The van der Waals surface area contributed by atoms with Crippen LogP contribution in [0.1, 0.15) is 42.1 Å². The van der Waals surface area contributed by atoms with Crippen molar-refractivity contribution in [2.45, 2.75) is 32.2 Å². The summed E-state index contributed by atoms with van der Waals surface area (Å²) in [6.07, 6.45) is 3.77. The van der Waals surface area contributed by atoms with Gasteiger partial charge in [0.15, 0.2) is 9.84 Å². The van der Waals surface area contributed by atoms with E-state index in [1.165, 1.54) is 6.20 Å². The number of pyridine rings is 1. The zero-order valence-electron chi connectivity index (χ0n) is 15.8. The fourth-order valence-corrected chi connectivity index (χ4v) is 5.12. The number of nitrogens with one attached hydrogen (secondary N) is 1. The summed E-state index contributed by atoms with van der Waals surface area (Å²) in [5.41, 5.74) is 3.04. The number of para-hydroxylation sites is 1. The van der Waals surface area contributed by atoms with Crippen molar-refractivity contribution in [2.75, 3.05) is 28.8 Å². The summed E-state index contributed by atoms with van der Waals surface area (Å²) in [5, 5.41) is 2.96. The number of aromatic nitrogens is 1. The molecule has 0 bridgehead atoms. The first-order valence-electron chi connectivity index (χ1n) is 9.05. The van der Waals surface area contributed by atoms with E-state index in [1.807, 2.05) is 36.2 Å². The molecule has 1 N–H and O–H groups in total. The molecule has 6 nitrogen and oxygen atoms in total. The molecule has 1 aromatic heterocycles. The summed E-state index contributed by atoms with van der Waals surface area (Å²) >= 11 is 0. The summed E-state index contributed by atoms with van der Waals surface area (Å²) in [7, 11) is -1.12. The fourth-order valence-electron chi connectivity index (χ4n) is 3.35. The Bertz CT molecular complexity index is 941. The number of rotatable bonds is 5. The van der Waals surface area contributed by atoms with Gasteiger partial charge in [0.05, 0.1) is 29.0 Å². The van der Waals surface area contributed by atoms with Gasteiger partial charge >= 0.3 is 0 Å². The third-order valence-corrected chi connectivity index (χ3v) is 6.73. The quantitative estimate of drug-likeness (QED) is 0.853. The van der Waals surface area contributed by atoms with Crippen molar-refractivity contribution in [3.05, 3.63) is 53.9 Å². The molecule has 7 heteroatoms. The number of benzene rings is 1. The van der Waals surface area contributed by atoms with Crippen LogP contribution in [-0.2, 0) is 9.84 Å². The minimum atomic E-state index is -2.97. The molecule has 1 aliphatic heterocycles. The van der Waals surface area contributed by atoms with Crippen molar-refractivity contribution in [1.29, 1.82) is 0 Å². The van der Waals surface area contributed by atoms with Gasteiger partial charge in [0.1, 0.15) is 0 Å². The van der Waals surface area contributed by atoms with Crippen LogP contribution < -0.4 is 10.2 Å². The van der Waals surface area contributed by atoms with Gasteiger partial charge in [0, 0.05) is 25.0 Å². The average molecular weight is 388 g/mol. The number of sulfone groups is 1.